The molecule has 0 aromatic heterocycles. The molecule has 4 heteroatoms. The third kappa shape index (κ3) is 2.93. The highest BCUT2D eigenvalue weighted by Gasteiger charge is 2.19. The lowest BCUT2D eigenvalue weighted by atomic mass is 10.1. The number of aromatic carboxylic acids is 1. The summed E-state index contributed by atoms with van der Waals surface area (Å²) in [5.74, 6) is -1.38. The Morgan fingerprint density at radius 2 is 1.94 bits per heavy atom. The first-order chi connectivity index (χ1) is 8.11. The maximum absolute atomic E-state index is 12.1. The molecule has 0 spiro atoms. The lowest BCUT2D eigenvalue weighted by Crippen LogP contribution is -2.32. The zero-order chi connectivity index (χ0) is 12.8. The number of benzene rings is 1. The summed E-state index contributed by atoms with van der Waals surface area (Å²) in [5, 5.41) is 9.01. The molecule has 0 aliphatic heterocycles. The van der Waals surface area contributed by atoms with Crippen LogP contribution in [0.3, 0.4) is 0 Å². The van der Waals surface area contributed by atoms with Crippen molar-refractivity contribution in [1.29, 1.82) is 0 Å². The fraction of sp³-hybridized carbons (Fsp3) is 0.231. The van der Waals surface area contributed by atoms with Crippen LogP contribution in [0.4, 0.5) is 0 Å². The van der Waals surface area contributed by atoms with Crippen molar-refractivity contribution in [1.82, 2.24) is 4.90 Å². The zero-order valence-electron chi connectivity index (χ0n) is 9.72. The van der Waals surface area contributed by atoms with Crippen LogP contribution in [0, 0.1) is 0 Å². The third-order valence-corrected chi connectivity index (χ3v) is 2.41. The molecule has 0 saturated heterocycles. The Labute approximate surface area is 100 Å². The van der Waals surface area contributed by atoms with Crippen molar-refractivity contribution in [2.45, 2.75) is 6.92 Å². The van der Waals surface area contributed by atoms with E-state index in [0.29, 0.717) is 13.1 Å². The van der Waals surface area contributed by atoms with Crippen LogP contribution in [-0.2, 0) is 0 Å². The first-order valence-corrected chi connectivity index (χ1v) is 5.34. The van der Waals surface area contributed by atoms with Gasteiger partial charge in [0.25, 0.3) is 5.91 Å². The second kappa shape index (κ2) is 5.84. The minimum Gasteiger partial charge on any atom is -0.478 e. The molecule has 1 aromatic rings. The summed E-state index contributed by atoms with van der Waals surface area (Å²) in [6, 6.07) is 6.21. The Hall–Kier alpha value is -2.10. The van der Waals surface area contributed by atoms with Crippen LogP contribution in [-0.4, -0.2) is 35.0 Å². The number of hydrogen-bond acceptors (Lipinski definition) is 2. The fourth-order valence-electron chi connectivity index (χ4n) is 1.54. The van der Waals surface area contributed by atoms with Crippen molar-refractivity contribution >= 4 is 11.9 Å². The van der Waals surface area contributed by atoms with Gasteiger partial charge in [0.1, 0.15) is 0 Å². The zero-order valence-corrected chi connectivity index (χ0v) is 9.72. The second-order valence-electron chi connectivity index (χ2n) is 3.48. The average molecular weight is 233 g/mol. The molecule has 0 saturated carbocycles. The van der Waals surface area contributed by atoms with E-state index >= 15 is 0 Å². The predicted molar refractivity (Wildman–Crippen MR) is 65.2 cm³/mol. The van der Waals surface area contributed by atoms with Crippen molar-refractivity contribution < 1.29 is 14.7 Å². The van der Waals surface area contributed by atoms with Crippen LogP contribution in [0.15, 0.2) is 36.9 Å². The molecule has 1 amide bonds. The van der Waals surface area contributed by atoms with Crippen LogP contribution in [0.25, 0.3) is 0 Å². The lowest BCUT2D eigenvalue weighted by molar-refractivity contribution is 0.0679. The van der Waals surface area contributed by atoms with Crippen LogP contribution >= 0.6 is 0 Å². The van der Waals surface area contributed by atoms with Crippen LogP contribution < -0.4 is 0 Å². The van der Waals surface area contributed by atoms with Crippen molar-refractivity contribution in [2.24, 2.45) is 0 Å². The number of carboxylic acid groups (broad SMARTS) is 1. The molecule has 0 atom stereocenters. The smallest absolute Gasteiger partial charge is 0.336 e. The molecule has 90 valence electrons. The van der Waals surface area contributed by atoms with Gasteiger partial charge in [-0.3, -0.25) is 4.79 Å². The van der Waals surface area contributed by atoms with E-state index in [4.69, 9.17) is 5.11 Å². The molecule has 0 radical (unpaired) electrons. The van der Waals surface area contributed by atoms with Gasteiger partial charge in [0.15, 0.2) is 0 Å². The van der Waals surface area contributed by atoms with E-state index in [0.717, 1.165) is 0 Å². The molecule has 0 heterocycles. The maximum Gasteiger partial charge on any atom is 0.336 e. The minimum atomic E-state index is -1.09. The largest absolute Gasteiger partial charge is 0.478 e. The molecule has 0 fully saturated rings. The van der Waals surface area contributed by atoms with Gasteiger partial charge in [-0.25, -0.2) is 4.79 Å². The lowest BCUT2D eigenvalue weighted by Gasteiger charge is -2.19. The molecular formula is C13H15NO3. The van der Waals surface area contributed by atoms with Gasteiger partial charge < -0.3 is 10.0 Å². The Kier molecular flexibility index (Phi) is 4.46. The van der Waals surface area contributed by atoms with E-state index in [1.165, 1.54) is 17.0 Å². The molecule has 0 aliphatic carbocycles. The molecule has 0 unspecified atom stereocenters. The number of nitrogens with zero attached hydrogens (tertiary/aromatic N) is 1. The van der Waals surface area contributed by atoms with E-state index in [1.807, 2.05) is 6.92 Å². The highest BCUT2D eigenvalue weighted by molar-refractivity contribution is 6.04. The SMILES string of the molecule is C=CCN(CC)C(=O)c1ccccc1C(=O)O. The first-order valence-electron chi connectivity index (χ1n) is 5.34. The molecular weight excluding hydrogens is 218 g/mol. The number of carboxylic acids is 1. The number of carbonyl (C=O) groups excluding carboxylic acids is 1. The van der Waals surface area contributed by atoms with Crippen LogP contribution in [0.5, 0.6) is 0 Å². The highest BCUT2D eigenvalue weighted by Crippen LogP contribution is 2.12. The minimum absolute atomic E-state index is 0.0278. The van der Waals surface area contributed by atoms with Gasteiger partial charge in [0.05, 0.1) is 11.1 Å². The van der Waals surface area contributed by atoms with Gasteiger partial charge in [-0.1, -0.05) is 18.2 Å². The molecule has 4 nitrogen and oxygen atoms in total. The van der Waals surface area contributed by atoms with Gasteiger partial charge in [-0.05, 0) is 19.1 Å². The quantitative estimate of drug-likeness (QED) is 0.792. The maximum atomic E-state index is 12.1. The number of carbonyl (C=O) groups is 2. The summed E-state index contributed by atoms with van der Waals surface area (Å²) in [5.41, 5.74) is 0.240. The molecule has 1 rings (SSSR count). The van der Waals surface area contributed by atoms with Gasteiger partial charge in [0, 0.05) is 13.1 Å². The Balaban J connectivity index is 3.10. The summed E-state index contributed by atoms with van der Waals surface area (Å²) < 4.78 is 0. The Morgan fingerprint density at radius 3 is 2.41 bits per heavy atom. The molecule has 1 N–H and O–H groups in total. The average Bonchev–Trinajstić information content (AvgIpc) is 2.35. The summed E-state index contributed by atoms with van der Waals surface area (Å²) in [6.45, 7) is 6.33. The van der Waals surface area contributed by atoms with Crippen LogP contribution in [0.2, 0.25) is 0 Å². The van der Waals surface area contributed by atoms with E-state index in [1.54, 1.807) is 18.2 Å². The Morgan fingerprint density at radius 1 is 1.35 bits per heavy atom. The molecule has 0 bridgehead atoms. The van der Waals surface area contributed by atoms with Crippen molar-refractivity contribution in [3.05, 3.63) is 48.0 Å². The van der Waals surface area contributed by atoms with E-state index in [-0.39, 0.29) is 17.0 Å². The predicted octanol–water partition coefficient (Wildman–Crippen LogP) is 2.03. The van der Waals surface area contributed by atoms with E-state index < -0.39 is 5.97 Å². The van der Waals surface area contributed by atoms with Crippen LogP contribution in [0.1, 0.15) is 27.6 Å². The second-order valence-corrected chi connectivity index (χ2v) is 3.48. The number of amides is 1. The topological polar surface area (TPSA) is 57.6 Å². The summed E-state index contributed by atoms with van der Waals surface area (Å²) >= 11 is 0. The Bertz CT molecular complexity index is 440. The first kappa shape index (κ1) is 13.0. The molecule has 0 aliphatic rings. The van der Waals surface area contributed by atoms with Crippen molar-refractivity contribution in [3.8, 4) is 0 Å². The number of likely N-dealkylation sites (N-methyl/N-ethyl adjacent to an activating group) is 1. The number of hydrogen-bond donors (Lipinski definition) is 1. The summed E-state index contributed by atoms with van der Waals surface area (Å²) in [4.78, 5) is 24.6. The van der Waals surface area contributed by atoms with Crippen molar-refractivity contribution in [2.75, 3.05) is 13.1 Å². The standard InChI is InChI=1S/C13H15NO3/c1-3-9-14(4-2)12(15)10-7-5-6-8-11(10)13(16)17/h3,5-8H,1,4,9H2,2H3,(H,16,17). The monoisotopic (exact) mass is 233 g/mol. The summed E-state index contributed by atoms with van der Waals surface area (Å²) in [7, 11) is 0. The van der Waals surface area contributed by atoms with Gasteiger partial charge in [0.2, 0.25) is 0 Å². The normalized spacial score (nSPS) is 9.71. The summed E-state index contributed by atoms with van der Waals surface area (Å²) in [6.07, 6.45) is 1.62. The van der Waals surface area contributed by atoms with E-state index in [2.05, 4.69) is 6.58 Å². The van der Waals surface area contributed by atoms with Crippen molar-refractivity contribution in [3.63, 3.8) is 0 Å². The van der Waals surface area contributed by atoms with Gasteiger partial charge in [-0.2, -0.15) is 0 Å². The fourth-order valence-corrected chi connectivity index (χ4v) is 1.54. The molecule has 1 aromatic carbocycles. The third-order valence-electron chi connectivity index (χ3n) is 2.41. The highest BCUT2D eigenvalue weighted by atomic mass is 16.4. The van der Waals surface area contributed by atoms with Gasteiger partial charge >= 0.3 is 5.97 Å². The number of rotatable bonds is 5. The molecule has 17 heavy (non-hydrogen) atoms. The van der Waals surface area contributed by atoms with E-state index in [9.17, 15) is 9.59 Å². The van der Waals surface area contributed by atoms with Gasteiger partial charge in [-0.15, -0.1) is 6.58 Å².